The second kappa shape index (κ2) is 10.3. The highest BCUT2D eigenvalue weighted by Crippen LogP contribution is 2.24. The van der Waals surface area contributed by atoms with Gasteiger partial charge in [-0.05, 0) is 45.3 Å². The van der Waals surface area contributed by atoms with Gasteiger partial charge in [-0.1, -0.05) is 35.5 Å². The number of nitrogens with zero attached hydrogens (tertiary/aromatic N) is 4. The molecular weight excluding hydrogens is 398 g/mol. The first-order chi connectivity index (χ1) is 14.5. The van der Waals surface area contributed by atoms with Crippen LogP contribution in [0, 0.1) is 6.92 Å². The van der Waals surface area contributed by atoms with Crippen molar-refractivity contribution < 1.29 is 9.53 Å². The topological polar surface area (TPSA) is 72.3 Å². The summed E-state index contributed by atoms with van der Waals surface area (Å²) in [6, 6.07) is 15.2. The van der Waals surface area contributed by atoms with E-state index in [2.05, 4.69) is 20.4 Å². The molecule has 0 saturated heterocycles. The Morgan fingerprint density at radius 3 is 2.63 bits per heavy atom. The SMILES string of the molecule is COc1cccc(-n2c(CNC(=O)c3ccc(C)cc3)nnc2SCCN(C)C)c1. The fraction of sp³-hybridized carbons (Fsp3) is 0.318. The van der Waals surface area contributed by atoms with E-state index in [0.29, 0.717) is 11.4 Å². The zero-order valence-corrected chi connectivity index (χ0v) is 18.6. The Bertz CT molecular complexity index is 985. The number of aromatic nitrogens is 3. The predicted octanol–water partition coefficient (Wildman–Crippen LogP) is 3.17. The number of hydrogen-bond donors (Lipinski definition) is 1. The minimum Gasteiger partial charge on any atom is -0.497 e. The number of amides is 1. The maximum absolute atomic E-state index is 12.5. The second-order valence-corrected chi connectivity index (χ2v) is 8.20. The molecule has 0 atom stereocenters. The monoisotopic (exact) mass is 425 g/mol. The second-order valence-electron chi connectivity index (χ2n) is 7.14. The number of carbonyl (C=O) groups excluding carboxylic acids is 1. The van der Waals surface area contributed by atoms with Crippen LogP contribution >= 0.6 is 11.8 Å². The number of benzene rings is 2. The van der Waals surface area contributed by atoms with Crippen LogP contribution in [0.5, 0.6) is 5.75 Å². The fourth-order valence-electron chi connectivity index (χ4n) is 2.80. The molecule has 0 aliphatic carbocycles. The van der Waals surface area contributed by atoms with Crippen LogP contribution in [0.3, 0.4) is 0 Å². The number of hydrogen-bond acceptors (Lipinski definition) is 6. The lowest BCUT2D eigenvalue weighted by Gasteiger charge is -2.13. The van der Waals surface area contributed by atoms with E-state index in [0.717, 1.165) is 34.5 Å². The Kier molecular flexibility index (Phi) is 7.48. The summed E-state index contributed by atoms with van der Waals surface area (Å²) in [7, 11) is 5.72. The molecule has 0 aliphatic rings. The summed E-state index contributed by atoms with van der Waals surface area (Å²) in [5.41, 5.74) is 2.63. The highest BCUT2D eigenvalue weighted by Gasteiger charge is 2.16. The average molecular weight is 426 g/mol. The molecule has 158 valence electrons. The van der Waals surface area contributed by atoms with Crippen molar-refractivity contribution in [2.75, 3.05) is 33.5 Å². The number of methoxy groups -OCH3 is 1. The molecule has 0 saturated carbocycles. The molecular formula is C22H27N5O2S. The van der Waals surface area contributed by atoms with Crippen LogP contribution in [0.1, 0.15) is 21.7 Å². The van der Waals surface area contributed by atoms with Gasteiger partial charge in [-0.15, -0.1) is 10.2 Å². The van der Waals surface area contributed by atoms with E-state index < -0.39 is 0 Å². The molecule has 0 spiro atoms. The summed E-state index contributed by atoms with van der Waals surface area (Å²) in [6.07, 6.45) is 0. The van der Waals surface area contributed by atoms with E-state index in [9.17, 15) is 4.79 Å². The van der Waals surface area contributed by atoms with Crippen molar-refractivity contribution in [3.05, 3.63) is 65.5 Å². The molecule has 0 aliphatic heterocycles. The summed E-state index contributed by atoms with van der Waals surface area (Å²) in [6.45, 7) is 3.19. The molecule has 0 fully saturated rings. The summed E-state index contributed by atoms with van der Waals surface area (Å²) >= 11 is 1.63. The molecule has 8 heteroatoms. The maximum atomic E-state index is 12.5. The molecule has 30 heavy (non-hydrogen) atoms. The van der Waals surface area contributed by atoms with Gasteiger partial charge < -0.3 is 15.0 Å². The van der Waals surface area contributed by atoms with Crippen LogP contribution < -0.4 is 10.1 Å². The Morgan fingerprint density at radius 2 is 1.93 bits per heavy atom. The lowest BCUT2D eigenvalue weighted by Crippen LogP contribution is -2.24. The van der Waals surface area contributed by atoms with Crippen LogP contribution in [0.4, 0.5) is 0 Å². The number of aryl methyl sites for hydroxylation is 1. The van der Waals surface area contributed by atoms with E-state index in [4.69, 9.17) is 4.74 Å². The Morgan fingerprint density at radius 1 is 1.17 bits per heavy atom. The molecule has 1 N–H and O–H groups in total. The van der Waals surface area contributed by atoms with E-state index in [1.54, 1.807) is 18.9 Å². The zero-order chi connectivity index (χ0) is 21.5. The van der Waals surface area contributed by atoms with Gasteiger partial charge in [-0.2, -0.15) is 0 Å². The fourth-order valence-corrected chi connectivity index (χ4v) is 3.88. The summed E-state index contributed by atoms with van der Waals surface area (Å²) in [4.78, 5) is 14.7. The largest absolute Gasteiger partial charge is 0.497 e. The Hall–Kier alpha value is -2.84. The van der Waals surface area contributed by atoms with Crippen molar-refractivity contribution >= 4 is 17.7 Å². The van der Waals surface area contributed by atoms with Gasteiger partial charge in [0, 0.05) is 23.9 Å². The van der Waals surface area contributed by atoms with Crippen molar-refractivity contribution in [2.45, 2.75) is 18.6 Å². The molecule has 1 amide bonds. The first-order valence-electron chi connectivity index (χ1n) is 9.69. The molecule has 0 unspecified atom stereocenters. The van der Waals surface area contributed by atoms with Crippen molar-refractivity contribution in [1.82, 2.24) is 25.0 Å². The number of carbonyl (C=O) groups is 1. The van der Waals surface area contributed by atoms with E-state index >= 15 is 0 Å². The normalized spacial score (nSPS) is 11.0. The summed E-state index contributed by atoms with van der Waals surface area (Å²) in [5.74, 6) is 2.15. The van der Waals surface area contributed by atoms with Gasteiger partial charge in [-0.3, -0.25) is 9.36 Å². The first kappa shape index (κ1) is 21.9. The van der Waals surface area contributed by atoms with Crippen LogP contribution in [0.15, 0.2) is 53.7 Å². The third-order valence-electron chi connectivity index (χ3n) is 4.50. The lowest BCUT2D eigenvalue weighted by molar-refractivity contribution is 0.0949. The zero-order valence-electron chi connectivity index (χ0n) is 17.8. The average Bonchev–Trinajstić information content (AvgIpc) is 3.15. The van der Waals surface area contributed by atoms with Crippen molar-refractivity contribution in [1.29, 1.82) is 0 Å². The van der Waals surface area contributed by atoms with Gasteiger partial charge in [-0.25, -0.2) is 0 Å². The van der Waals surface area contributed by atoms with Crippen LogP contribution in [-0.2, 0) is 6.54 Å². The van der Waals surface area contributed by atoms with Gasteiger partial charge in [0.25, 0.3) is 5.91 Å². The Labute approximate surface area is 181 Å². The van der Waals surface area contributed by atoms with Crippen LogP contribution in [0.2, 0.25) is 0 Å². The van der Waals surface area contributed by atoms with Gasteiger partial charge in [0.2, 0.25) is 0 Å². The minimum absolute atomic E-state index is 0.142. The van der Waals surface area contributed by atoms with Crippen LogP contribution in [-0.4, -0.2) is 59.1 Å². The molecule has 2 aromatic carbocycles. The van der Waals surface area contributed by atoms with Crippen molar-refractivity contribution in [2.24, 2.45) is 0 Å². The van der Waals surface area contributed by atoms with Crippen molar-refractivity contribution in [3.63, 3.8) is 0 Å². The molecule has 1 aromatic heterocycles. The van der Waals surface area contributed by atoms with E-state index in [1.165, 1.54) is 0 Å². The van der Waals surface area contributed by atoms with E-state index in [-0.39, 0.29) is 12.5 Å². The van der Waals surface area contributed by atoms with E-state index in [1.807, 2.05) is 74.1 Å². The molecule has 1 heterocycles. The smallest absolute Gasteiger partial charge is 0.251 e. The first-order valence-corrected chi connectivity index (χ1v) is 10.7. The molecule has 0 bridgehead atoms. The molecule has 7 nitrogen and oxygen atoms in total. The molecule has 0 radical (unpaired) electrons. The quantitative estimate of drug-likeness (QED) is 0.531. The number of nitrogens with one attached hydrogen (secondary N) is 1. The van der Waals surface area contributed by atoms with Gasteiger partial charge in [0.15, 0.2) is 11.0 Å². The highest BCUT2D eigenvalue weighted by molar-refractivity contribution is 7.99. The Balaban J connectivity index is 1.82. The maximum Gasteiger partial charge on any atom is 0.251 e. The standard InChI is InChI=1S/C22H27N5O2S/c1-16-8-10-17(11-9-16)21(28)23-15-20-24-25-22(30-13-12-26(2)3)27(20)18-6-5-7-19(14-18)29-4/h5-11,14H,12-13,15H2,1-4H3,(H,23,28). The van der Waals surface area contributed by atoms with Gasteiger partial charge >= 0.3 is 0 Å². The summed E-state index contributed by atoms with van der Waals surface area (Å²) in [5, 5.41) is 12.5. The molecule has 3 rings (SSSR count). The van der Waals surface area contributed by atoms with Gasteiger partial charge in [0.05, 0.1) is 19.3 Å². The number of ether oxygens (including phenoxy) is 1. The third-order valence-corrected chi connectivity index (χ3v) is 5.41. The molecule has 3 aromatic rings. The van der Waals surface area contributed by atoms with Crippen LogP contribution in [0.25, 0.3) is 5.69 Å². The van der Waals surface area contributed by atoms with Gasteiger partial charge in [0.1, 0.15) is 5.75 Å². The third kappa shape index (κ3) is 5.61. The lowest BCUT2D eigenvalue weighted by atomic mass is 10.1. The number of thioether (sulfide) groups is 1. The van der Waals surface area contributed by atoms with Crippen molar-refractivity contribution in [3.8, 4) is 11.4 Å². The number of rotatable bonds is 9. The highest BCUT2D eigenvalue weighted by atomic mass is 32.2. The summed E-state index contributed by atoms with van der Waals surface area (Å²) < 4.78 is 7.34. The minimum atomic E-state index is -0.142. The predicted molar refractivity (Wildman–Crippen MR) is 120 cm³/mol.